The van der Waals surface area contributed by atoms with Crippen LogP contribution in [-0.4, -0.2) is 46.1 Å². The maximum absolute atomic E-state index is 12.4. The number of amides is 1. The topological polar surface area (TPSA) is 89.8 Å². The molecule has 4 N–H and O–H groups in total. The molecule has 0 spiro atoms. The summed E-state index contributed by atoms with van der Waals surface area (Å²) < 4.78 is 0. The molecule has 0 aliphatic rings. The van der Waals surface area contributed by atoms with Crippen molar-refractivity contribution in [1.29, 1.82) is 0 Å². The molecule has 5 nitrogen and oxygen atoms in total. The van der Waals surface area contributed by atoms with Crippen LogP contribution in [0.25, 0.3) is 0 Å². The average Bonchev–Trinajstić information content (AvgIpc) is 3.18. The molecular weight excluding hydrogens is 667 g/mol. The highest BCUT2D eigenvalue weighted by molar-refractivity contribution is 5.76. The molecule has 0 fully saturated rings. The maximum Gasteiger partial charge on any atom is 0.220 e. The molecule has 0 radical (unpaired) electrons. The fraction of sp³-hybridized carbons (Fsp3) is 0.816. The summed E-state index contributed by atoms with van der Waals surface area (Å²) in [6, 6.07) is -0.835. The lowest BCUT2D eigenvalue weighted by Gasteiger charge is -2.26. The molecule has 0 bridgehead atoms. The zero-order valence-corrected chi connectivity index (χ0v) is 35.8. The van der Waals surface area contributed by atoms with Crippen LogP contribution in [0.3, 0.4) is 0 Å². The Morgan fingerprint density at radius 2 is 0.815 bits per heavy atom. The van der Waals surface area contributed by atoms with Gasteiger partial charge in [-0.3, -0.25) is 4.79 Å². The number of aliphatic hydroxyl groups excluding tert-OH is 3. The number of unbranched alkanes of at least 4 members (excludes halogenated alkanes) is 26. The van der Waals surface area contributed by atoms with E-state index in [4.69, 9.17) is 0 Å². The third-order valence-electron chi connectivity index (χ3n) is 10.6. The Balaban J connectivity index is 3.66. The minimum Gasteiger partial charge on any atom is -0.394 e. The SMILES string of the molecule is CCCCCCCC/C=C/CC/C=C/CCCC(O)C(O)C(CO)NC(=O)CCCCCCCCCCC/C=C\C/C=C\CCCCCCCCCCC. The van der Waals surface area contributed by atoms with Crippen LogP contribution in [0.15, 0.2) is 48.6 Å². The molecule has 316 valence electrons. The maximum atomic E-state index is 12.4. The quantitative estimate of drug-likeness (QED) is 0.0369. The third-order valence-corrected chi connectivity index (χ3v) is 10.6. The van der Waals surface area contributed by atoms with Gasteiger partial charge >= 0.3 is 0 Å². The Morgan fingerprint density at radius 3 is 1.24 bits per heavy atom. The monoisotopic (exact) mass is 758 g/mol. The summed E-state index contributed by atoms with van der Waals surface area (Å²) in [4.78, 5) is 12.4. The summed E-state index contributed by atoms with van der Waals surface area (Å²) in [6.07, 6.45) is 56.6. The summed E-state index contributed by atoms with van der Waals surface area (Å²) >= 11 is 0. The van der Waals surface area contributed by atoms with Gasteiger partial charge in [0.25, 0.3) is 0 Å². The van der Waals surface area contributed by atoms with E-state index in [2.05, 4.69) is 67.8 Å². The van der Waals surface area contributed by atoms with E-state index < -0.39 is 18.2 Å². The Morgan fingerprint density at radius 1 is 0.463 bits per heavy atom. The Labute approximate surface area is 336 Å². The minimum atomic E-state index is -1.17. The van der Waals surface area contributed by atoms with Gasteiger partial charge in [0.15, 0.2) is 0 Å². The second-order valence-electron chi connectivity index (χ2n) is 15.9. The lowest BCUT2D eigenvalue weighted by Crippen LogP contribution is -2.50. The molecule has 0 saturated carbocycles. The number of carbonyl (C=O) groups excluding carboxylic acids is 1. The van der Waals surface area contributed by atoms with Crippen molar-refractivity contribution < 1.29 is 20.1 Å². The van der Waals surface area contributed by atoms with Crippen molar-refractivity contribution in [2.45, 2.75) is 250 Å². The predicted molar refractivity (Wildman–Crippen MR) is 236 cm³/mol. The van der Waals surface area contributed by atoms with E-state index in [1.54, 1.807) is 0 Å². The van der Waals surface area contributed by atoms with Gasteiger partial charge in [0.2, 0.25) is 5.91 Å². The van der Waals surface area contributed by atoms with Crippen LogP contribution < -0.4 is 5.32 Å². The number of hydrogen-bond acceptors (Lipinski definition) is 4. The van der Waals surface area contributed by atoms with Crippen molar-refractivity contribution in [3.8, 4) is 0 Å². The summed E-state index contributed by atoms with van der Waals surface area (Å²) in [6.45, 7) is 4.15. The van der Waals surface area contributed by atoms with E-state index in [1.807, 2.05) is 0 Å². The number of hydrogen-bond donors (Lipinski definition) is 4. The molecule has 0 aromatic carbocycles. The molecule has 0 aromatic heterocycles. The summed E-state index contributed by atoms with van der Waals surface area (Å²) in [5.41, 5.74) is 0. The number of allylic oxidation sites excluding steroid dienone is 8. The molecule has 0 heterocycles. The standard InChI is InChI=1S/C49H91NO4/c1-3-5-7-9-11-13-15-17-19-20-21-22-23-24-25-26-27-28-30-32-34-36-38-40-42-44-48(53)50-46(45-51)49(54)47(52)43-41-39-37-35-33-31-29-18-16-14-12-10-8-6-4-2/h18,21-22,24-25,29,35,37,46-47,49,51-52,54H,3-17,19-20,23,26-28,30-34,36,38-45H2,1-2H3,(H,50,53)/b22-21-,25-24-,29-18+,37-35+. The first-order valence-corrected chi connectivity index (χ1v) is 23.4. The molecule has 0 aliphatic carbocycles. The van der Waals surface area contributed by atoms with Crippen LogP contribution in [0.5, 0.6) is 0 Å². The lowest BCUT2D eigenvalue weighted by atomic mass is 10.0. The highest BCUT2D eigenvalue weighted by atomic mass is 16.3. The average molecular weight is 758 g/mol. The van der Waals surface area contributed by atoms with Crippen molar-refractivity contribution in [2.75, 3.05) is 6.61 Å². The van der Waals surface area contributed by atoms with Crippen LogP contribution in [0, 0.1) is 0 Å². The number of nitrogens with one attached hydrogen (secondary N) is 1. The summed E-state index contributed by atoms with van der Waals surface area (Å²) in [5.74, 6) is -0.164. The van der Waals surface area contributed by atoms with Crippen molar-refractivity contribution in [3.05, 3.63) is 48.6 Å². The fourth-order valence-electron chi connectivity index (χ4n) is 6.97. The zero-order valence-electron chi connectivity index (χ0n) is 35.8. The predicted octanol–water partition coefficient (Wildman–Crippen LogP) is 13.7. The van der Waals surface area contributed by atoms with Gasteiger partial charge in [-0.2, -0.15) is 0 Å². The lowest BCUT2D eigenvalue weighted by molar-refractivity contribution is -0.124. The first kappa shape index (κ1) is 52.3. The summed E-state index contributed by atoms with van der Waals surface area (Å²) in [5, 5.41) is 33.5. The van der Waals surface area contributed by atoms with E-state index in [0.29, 0.717) is 12.8 Å². The third kappa shape index (κ3) is 38.6. The van der Waals surface area contributed by atoms with Crippen LogP contribution in [0.4, 0.5) is 0 Å². The second kappa shape index (κ2) is 44.0. The van der Waals surface area contributed by atoms with Gasteiger partial charge in [-0.15, -0.1) is 0 Å². The van der Waals surface area contributed by atoms with Crippen molar-refractivity contribution in [3.63, 3.8) is 0 Å². The molecule has 0 aromatic rings. The Hall–Kier alpha value is -1.69. The largest absolute Gasteiger partial charge is 0.394 e. The van der Waals surface area contributed by atoms with Gasteiger partial charge < -0.3 is 20.6 Å². The van der Waals surface area contributed by atoms with Crippen molar-refractivity contribution in [2.24, 2.45) is 0 Å². The molecule has 3 unspecified atom stereocenters. The van der Waals surface area contributed by atoms with Crippen LogP contribution in [0.1, 0.15) is 232 Å². The molecule has 5 heteroatoms. The Bertz CT molecular complexity index is 881. The highest BCUT2D eigenvalue weighted by Gasteiger charge is 2.26. The number of rotatable bonds is 42. The molecular formula is C49H91NO4. The van der Waals surface area contributed by atoms with Gasteiger partial charge in [0.1, 0.15) is 6.10 Å². The second-order valence-corrected chi connectivity index (χ2v) is 15.9. The molecule has 3 atom stereocenters. The van der Waals surface area contributed by atoms with E-state index in [9.17, 15) is 20.1 Å². The molecule has 1 amide bonds. The fourth-order valence-corrected chi connectivity index (χ4v) is 6.97. The normalized spacial score (nSPS) is 13.9. The molecule has 0 saturated heterocycles. The van der Waals surface area contributed by atoms with E-state index in [-0.39, 0.29) is 12.5 Å². The van der Waals surface area contributed by atoms with E-state index in [1.165, 1.54) is 154 Å². The van der Waals surface area contributed by atoms with Gasteiger partial charge in [0.05, 0.1) is 18.8 Å². The van der Waals surface area contributed by atoms with Crippen molar-refractivity contribution in [1.82, 2.24) is 5.32 Å². The highest BCUT2D eigenvalue weighted by Crippen LogP contribution is 2.14. The van der Waals surface area contributed by atoms with Gasteiger partial charge in [0, 0.05) is 6.42 Å². The zero-order chi connectivity index (χ0) is 39.4. The van der Waals surface area contributed by atoms with Crippen LogP contribution in [0.2, 0.25) is 0 Å². The van der Waals surface area contributed by atoms with E-state index >= 15 is 0 Å². The van der Waals surface area contributed by atoms with Gasteiger partial charge in [-0.25, -0.2) is 0 Å². The molecule has 0 rings (SSSR count). The van der Waals surface area contributed by atoms with Crippen molar-refractivity contribution >= 4 is 5.91 Å². The van der Waals surface area contributed by atoms with E-state index in [0.717, 1.165) is 51.4 Å². The Kier molecular flexibility index (Phi) is 42.7. The number of aliphatic hydroxyl groups is 3. The molecule has 0 aliphatic heterocycles. The first-order valence-electron chi connectivity index (χ1n) is 23.4. The van der Waals surface area contributed by atoms with Crippen LogP contribution >= 0.6 is 0 Å². The van der Waals surface area contributed by atoms with Crippen LogP contribution in [-0.2, 0) is 4.79 Å². The molecule has 54 heavy (non-hydrogen) atoms. The van der Waals surface area contributed by atoms with Gasteiger partial charge in [-0.05, 0) is 83.5 Å². The first-order chi connectivity index (χ1) is 26.6. The smallest absolute Gasteiger partial charge is 0.220 e. The number of carbonyl (C=O) groups is 1. The summed E-state index contributed by atoms with van der Waals surface area (Å²) in [7, 11) is 0. The minimum absolute atomic E-state index is 0.164. The van der Waals surface area contributed by atoms with Gasteiger partial charge in [-0.1, -0.05) is 191 Å².